The highest BCUT2D eigenvalue weighted by Gasteiger charge is 2.07. The van der Waals surface area contributed by atoms with Gasteiger partial charge >= 0.3 is 0 Å². The maximum atomic E-state index is 4.48. The van der Waals surface area contributed by atoms with Gasteiger partial charge in [0.15, 0.2) is 0 Å². The van der Waals surface area contributed by atoms with E-state index in [0.717, 1.165) is 17.2 Å². The lowest BCUT2D eigenvalue weighted by molar-refractivity contribution is 0.573. The Morgan fingerprint density at radius 2 is 1.95 bits per heavy atom. The molecule has 1 atom stereocenters. The van der Waals surface area contributed by atoms with Gasteiger partial charge in [0.1, 0.15) is 5.01 Å². The van der Waals surface area contributed by atoms with Crippen molar-refractivity contribution in [1.29, 1.82) is 0 Å². The van der Waals surface area contributed by atoms with Crippen molar-refractivity contribution in [2.75, 3.05) is 0 Å². The second-order valence-corrected chi connectivity index (χ2v) is 6.03. The number of thiazole rings is 1. The van der Waals surface area contributed by atoms with Crippen LogP contribution in [0.25, 0.3) is 10.8 Å². The Hall–Kier alpha value is -1.71. The molecule has 0 spiro atoms. The van der Waals surface area contributed by atoms with Gasteiger partial charge in [-0.2, -0.15) is 0 Å². The molecule has 102 valence electrons. The fraction of sp³-hybridized carbons (Fsp3) is 0.235. The second-order valence-electron chi connectivity index (χ2n) is 5.09. The standard InChI is InChI=1S/C17H18N2S/c1-12-11-20-17(19-12)10-18-13(2)15-8-7-14-5-3-4-6-16(14)9-15/h3-9,11,13,18H,10H2,1-2H3. The number of aryl methyl sites for hydroxylation is 1. The summed E-state index contributed by atoms with van der Waals surface area (Å²) in [6, 6.07) is 15.5. The van der Waals surface area contributed by atoms with Crippen LogP contribution in [0.4, 0.5) is 0 Å². The van der Waals surface area contributed by atoms with Crippen LogP contribution >= 0.6 is 11.3 Å². The minimum atomic E-state index is 0.323. The zero-order valence-corrected chi connectivity index (χ0v) is 12.6. The molecular weight excluding hydrogens is 264 g/mol. The number of fused-ring (bicyclic) bond motifs is 1. The van der Waals surface area contributed by atoms with Gasteiger partial charge in [-0.3, -0.25) is 0 Å². The zero-order chi connectivity index (χ0) is 13.9. The number of nitrogens with zero attached hydrogens (tertiary/aromatic N) is 1. The van der Waals surface area contributed by atoms with Gasteiger partial charge in [-0.15, -0.1) is 11.3 Å². The molecule has 3 aromatic rings. The van der Waals surface area contributed by atoms with Gasteiger partial charge in [-0.05, 0) is 36.2 Å². The fourth-order valence-corrected chi connectivity index (χ4v) is 3.04. The van der Waals surface area contributed by atoms with E-state index in [9.17, 15) is 0 Å². The number of aromatic nitrogens is 1. The van der Waals surface area contributed by atoms with Crippen molar-refractivity contribution < 1.29 is 0 Å². The number of nitrogens with one attached hydrogen (secondary N) is 1. The summed E-state index contributed by atoms with van der Waals surface area (Å²) in [6.07, 6.45) is 0. The van der Waals surface area contributed by atoms with E-state index in [1.54, 1.807) is 11.3 Å². The third-order valence-electron chi connectivity index (χ3n) is 3.50. The zero-order valence-electron chi connectivity index (χ0n) is 11.8. The van der Waals surface area contributed by atoms with Crippen molar-refractivity contribution in [2.24, 2.45) is 0 Å². The molecule has 0 aliphatic heterocycles. The van der Waals surface area contributed by atoms with Crippen molar-refractivity contribution in [2.45, 2.75) is 26.4 Å². The van der Waals surface area contributed by atoms with Gasteiger partial charge in [-0.25, -0.2) is 4.98 Å². The SMILES string of the molecule is Cc1csc(CNC(C)c2ccc3ccccc3c2)n1. The third kappa shape index (κ3) is 2.89. The molecule has 0 bridgehead atoms. The first kappa shape index (κ1) is 13.3. The predicted molar refractivity (Wildman–Crippen MR) is 86.1 cm³/mol. The summed E-state index contributed by atoms with van der Waals surface area (Å²) in [6.45, 7) is 5.06. The van der Waals surface area contributed by atoms with Gasteiger partial charge in [-0.1, -0.05) is 36.4 Å². The summed E-state index contributed by atoms with van der Waals surface area (Å²) < 4.78 is 0. The van der Waals surface area contributed by atoms with Crippen molar-refractivity contribution in [3.05, 3.63) is 64.1 Å². The summed E-state index contributed by atoms with van der Waals surface area (Å²) in [4.78, 5) is 4.48. The second kappa shape index (κ2) is 5.73. The third-order valence-corrected chi connectivity index (χ3v) is 4.47. The van der Waals surface area contributed by atoms with Crippen LogP contribution in [0, 0.1) is 6.92 Å². The van der Waals surface area contributed by atoms with Crippen LogP contribution in [0.2, 0.25) is 0 Å². The maximum Gasteiger partial charge on any atom is 0.107 e. The lowest BCUT2D eigenvalue weighted by Gasteiger charge is -2.14. The molecule has 1 unspecified atom stereocenters. The summed E-state index contributed by atoms with van der Waals surface area (Å²) in [5.41, 5.74) is 2.42. The van der Waals surface area contributed by atoms with Gasteiger partial charge in [0, 0.05) is 23.7 Å². The van der Waals surface area contributed by atoms with E-state index in [1.165, 1.54) is 16.3 Å². The van der Waals surface area contributed by atoms with E-state index in [-0.39, 0.29) is 0 Å². The summed E-state index contributed by atoms with van der Waals surface area (Å²) in [5.74, 6) is 0. The predicted octanol–water partition coefficient (Wildman–Crippen LogP) is 4.46. The van der Waals surface area contributed by atoms with Crippen LogP contribution in [0.5, 0.6) is 0 Å². The monoisotopic (exact) mass is 282 g/mol. The lowest BCUT2D eigenvalue weighted by atomic mass is 10.0. The number of benzene rings is 2. The molecule has 1 heterocycles. The highest BCUT2D eigenvalue weighted by Crippen LogP contribution is 2.20. The van der Waals surface area contributed by atoms with Crippen molar-refractivity contribution in [3.8, 4) is 0 Å². The first-order valence-corrected chi connectivity index (χ1v) is 7.73. The van der Waals surface area contributed by atoms with Crippen LogP contribution in [-0.4, -0.2) is 4.98 Å². The van der Waals surface area contributed by atoms with Crippen LogP contribution in [0.3, 0.4) is 0 Å². The van der Waals surface area contributed by atoms with Gasteiger partial charge < -0.3 is 5.32 Å². The van der Waals surface area contributed by atoms with E-state index in [2.05, 4.69) is 65.1 Å². The summed E-state index contributed by atoms with van der Waals surface area (Å²) in [5, 5.41) is 9.37. The Kier molecular flexibility index (Phi) is 3.81. The average molecular weight is 282 g/mol. The normalized spacial score (nSPS) is 12.7. The molecule has 0 aliphatic carbocycles. The number of hydrogen-bond acceptors (Lipinski definition) is 3. The lowest BCUT2D eigenvalue weighted by Crippen LogP contribution is -2.17. The van der Waals surface area contributed by atoms with Crippen LogP contribution < -0.4 is 5.32 Å². The van der Waals surface area contributed by atoms with Crippen molar-refractivity contribution in [3.63, 3.8) is 0 Å². The van der Waals surface area contributed by atoms with Gasteiger partial charge in [0.05, 0.1) is 0 Å². The van der Waals surface area contributed by atoms with Gasteiger partial charge in [0.2, 0.25) is 0 Å². The topological polar surface area (TPSA) is 24.9 Å². The molecule has 0 amide bonds. The molecule has 0 saturated carbocycles. The Labute approximate surface area is 123 Å². The molecule has 2 aromatic carbocycles. The van der Waals surface area contributed by atoms with Crippen molar-refractivity contribution >= 4 is 22.1 Å². The van der Waals surface area contributed by atoms with E-state index in [1.807, 2.05) is 6.92 Å². The molecule has 0 aliphatic rings. The molecule has 0 radical (unpaired) electrons. The molecule has 20 heavy (non-hydrogen) atoms. The molecule has 0 fully saturated rings. The Balaban J connectivity index is 1.73. The Bertz CT molecular complexity index is 718. The number of hydrogen-bond donors (Lipinski definition) is 1. The first-order chi connectivity index (χ1) is 9.72. The Morgan fingerprint density at radius 1 is 1.15 bits per heavy atom. The molecule has 3 rings (SSSR count). The minimum absolute atomic E-state index is 0.323. The molecule has 2 nitrogen and oxygen atoms in total. The highest BCUT2D eigenvalue weighted by atomic mass is 32.1. The number of rotatable bonds is 4. The quantitative estimate of drug-likeness (QED) is 0.764. The Morgan fingerprint density at radius 3 is 2.70 bits per heavy atom. The molecule has 0 saturated heterocycles. The van der Waals surface area contributed by atoms with Crippen LogP contribution in [0.15, 0.2) is 47.8 Å². The van der Waals surface area contributed by atoms with E-state index < -0.39 is 0 Å². The van der Waals surface area contributed by atoms with E-state index in [4.69, 9.17) is 0 Å². The average Bonchev–Trinajstić information content (AvgIpc) is 2.90. The van der Waals surface area contributed by atoms with E-state index >= 15 is 0 Å². The smallest absolute Gasteiger partial charge is 0.107 e. The molecular formula is C17H18N2S. The summed E-state index contributed by atoms with van der Waals surface area (Å²) >= 11 is 1.72. The minimum Gasteiger partial charge on any atom is -0.304 e. The van der Waals surface area contributed by atoms with E-state index in [0.29, 0.717) is 6.04 Å². The largest absolute Gasteiger partial charge is 0.304 e. The molecule has 1 N–H and O–H groups in total. The fourth-order valence-electron chi connectivity index (χ4n) is 2.32. The molecule has 3 heteroatoms. The highest BCUT2D eigenvalue weighted by molar-refractivity contribution is 7.09. The van der Waals surface area contributed by atoms with Gasteiger partial charge in [0.25, 0.3) is 0 Å². The van der Waals surface area contributed by atoms with Crippen LogP contribution in [-0.2, 0) is 6.54 Å². The van der Waals surface area contributed by atoms with Crippen molar-refractivity contribution in [1.82, 2.24) is 10.3 Å². The molecule has 1 aromatic heterocycles. The maximum absolute atomic E-state index is 4.48. The first-order valence-electron chi connectivity index (χ1n) is 6.85. The summed E-state index contributed by atoms with van der Waals surface area (Å²) in [7, 11) is 0. The van der Waals surface area contributed by atoms with Crippen LogP contribution in [0.1, 0.15) is 29.2 Å².